The number of rotatable bonds is 1. The van der Waals surface area contributed by atoms with E-state index in [1.165, 1.54) is 6.07 Å². The molecular formula is C13H14N2O2. The summed E-state index contributed by atoms with van der Waals surface area (Å²) in [5.41, 5.74) is 0.311. The number of likely N-dealkylation sites (tertiary alicyclic amines) is 1. The van der Waals surface area contributed by atoms with E-state index < -0.39 is 0 Å². The average Bonchev–Trinajstić information content (AvgIpc) is 2.38. The monoisotopic (exact) mass is 230 g/mol. The van der Waals surface area contributed by atoms with Crippen LogP contribution in [0.5, 0.6) is 5.75 Å². The summed E-state index contributed by atoms with van der Waals surface area (Å²) in [5, 5.41) is 18.5. The highest BCUT2D eigenvalue weighted by Crippen LogP contribution is 2.22. The summed E-state index contributed by atoms with van der Waals surface area (Å²) in [4.78, 5) is 13.8. The predicted molar refractivity (Wildman–Crippen MR) is 62.3 cm³/mol. The zero-order valence-corrected chi connectivity index (χ0v) is 9.47. The third-order valence-electron chi connectivity index (χ3n) is 3.03. The number of hydrogen-bond acceptors (Lipinski definition) is 3. The molecular weight excluding hydrogens is 216 g/mol. The van der Waals surface area contributed by atoms with Gasteiger partial charge in [0.05, 0.1) is 17.6 Å². The molecule has 2 rings (SSSR count). The third-order valence-corrected chi connectivity index (χ3v) is 3.03. The number of carbonyl (C=O) groups is 1. The Morgan fingerprint density at radius 1 is 1.47 bits per heavy atom. The van der Waals surface area contributed by atoms with Gasteiger partial charge < -0.3 is 10.0 Å². The predicted octanol–water partition coefficient (Wildman–Crippen LogP) is 1.77. The average molecular weight is 230 g/mol. The van der Waals surface area contributed by atoms with E-state index in [-0.39, 0.29) is 17.6 Å². The molecule has 1 heterocycles. The van der Waals surface area contributed by atoms with Crippen molar-refractivity contribution in [2.24, 2.45) is 5.92 Å². The van der Waals surface area contributed by atoms with Gasteiger partial charge in [0, 0.05) is 13.1 Å². The number of para-hydroxylation sites is 1. The summed E-state index contributed by atoms with van der Waals surface area (Å²) >= 11 is 0. The van der Waals surface area contributed by atoms with Crippen LogP contribution < -0.4 is 0 Å². The Kier molecular flexibility index (Phi) is 3.29. The maximum Gasteiger partial charge on any atom is 0.257 e. The van der Waals surface area contributed by atoms with Crippen molar-refractivity contribution in [2.75, 3.05) is 13.1 Å². The number of phenols is 1. The fourth-order valence-electron chi connectivity index (χ4n) is 2.09. The normalized spacial score (nSPS) is 19.7. The fraction of sp³-hybridized carbons (Fsp3) is 0.385. The molecule has 1 aliphatic heterocycles. The Hall–Kier alpha value is -2.02. The highest BCUT2D eigenvalue weighted by Gasteiger charge is 2.25. The van der Waals surface area contributed by atoms with Crippen molar-refractivity contribution >= 4 is 5.91 Å². The van der Waals surface area contributed by atoms with E-state index in [9.17, 15) is 9.90 Å². The molecule has 1 aromatic rings. The maximum absolute atomic E-state index is 12.1. The number of nitriles is 1. The summed E-state index contributed by atoms with van der Waals surface area (Å²) in [6.07, 6.45) is 1.69. The smallest absolute Gasteiger partial charge is 0.257 e. The lowest BCUT2D eigenvalue weighted by Gasteiger charge is -2.29. The lowest BCUT2D eigenvalue weighted by atomic mass is 9.99. The summed E-state index contributed by atoms with van der Waals surface area (Å²) in [5.74, 6) is -0.279. The van der Waals surface area contributed by atoms with E-state index in [1.54, 1.807) is 23.1 Å². The second kappa shape index (κ2) is 4.88. The van der Waals surface area contributed by atoms with Crippen LogP contribution in [-0.4, -0.2) is 29.0 Å². The second-order valence-electron chi connectivity index (χ2n) is 4.24. The van der Waals surface area contributed by atoms with Crippen molar-refractivity contribution in [1.82, 2.24) is 4.90 Å². The Labute approximate surface area is 100 Å². The van der Waals surface area contributed by atoms with Gasteiger partial charge in [-0.05, 0) is 25.0 Å². The van der Waals surface area contributed by atoms with Crippen LogP contribution in [-0.2, 0) is 0 Å². The van der Waals surface area contributed by atoms with Gasteiger partial charge in [-0.1, -0.05) is 12.1 Å². The van der Waals surface area contributed by atoms with Crippen LogP contribution in [0.1, 0.15) is 23.2 Å². The van der Waals surface area contributed by atoms with Crippen molar-refractivity contribution in [1.29, 1.82) is 5.26 Å². The molecule has 1 atom stereocenters. The number of benzene rings is 1. The SMILES string of the molecule is N#CC1CCCN(C(=O)c2ccccc2O)C1. The van der Waals surface area contributed by atoms with Crippen molar-refractivity contribution < 1.29 is 9.90 Å². The first-order valence-corrected chi connectivity index (χ1v) is 5.69. The number of carbonyl (C=O) groups excluding carboxylic acids is 1. The Bertz CT molecular complexity index is 465. The number of phenolic OH excluding ortho intramolecular Hbond substituents is 1. The van der Waals surface area contributed by atoms with Gasteiger partial charge >= 0.3 is 0 Å². The Morgan fingerprint density at radius 2 is 2.24 bits per heavy atom. The molecule has 0 saturated carbocycles. The highest BCUT2D eigenvalue weighted by atomic mass is 16.3. The molecule has 0 aliphatic carbocycles. The lowest BCUT2D eigenvalue weighted by Crippen LogP contribution is -2.39. The highest BCUT2D eigenvalue weighted by molar-refractivity contribution is 5.96. The molecule has 4 nitrogen and oxygen atoms in total. The zero-order valence-electron chi connectivity index (χ0n) is 9.47. The van der Waals surface area contributed by atoms with Gasteiger partial charge in [0.25, 0.3) is 5.91 Å². The van der Waals surface area contributed by atoms with Crippen molar-refractivity contribution in [3.05, 3.63) is 29.8 Å². The minimum atomic E-state index is -0.192. The van der Waals surface area contributed by atoms with Crippen molar-refractivity contribution in [2.45, 2.75) is 12.8 Å². The number of amides is 1. The molecule has 1 N–H and O–H groups in total. The summed E-state index contributed by atoms with van der Waals surface area (Å²) in [7, 11) is 0. The van der Waals surface area contributed by atoms with E-state index in [1.807, 2.05) is 0 Å². The van der Waals surface area contributed by atoms with Crippen LogP contribution in [0.2, 0.25) is 0 Å². The second-order valence-corrected chi connectivity index (χ2v) is 4.24. The van der Waals surface area contributed by atoms with Gasteiger partial charge in [-0.2, -0.15) is 5.26 Å². The van der Waals surface area contributed by atoms with Crippen LogP contribution >= 0.6 is 0 Å². The van der Waals surface area contributed by atoms with E-state index in [0.717, 1.165) is 12.8 Å². The van der Waals surface area contributed by atoms with Gasteiger partial charge in [0.1, 0.15) is 5.75 Å². The first-order valence-electron chi connectivity index (χ1n) is 5.69. The lowest BCUT2D eigenvalue weighted by molar-refractivity contribution is 0.0696. The van der Waals surface area contributed by atoms with E-state index in [4.69, 9.17) is 5.26 Å². The molecule has 88 valence electrons. The Morgan fingerprint density at radius 3 is 2.94 bits per heavy atom. The van der Waals surface area contributed by atoms with Crippen LogP contribution in [0.4, 0.5) is 0 Å². The molecule has 0 radical (unpaired) electrons. The molecule has 0 aromatic heterocycles. The molecule has 0 bridgehead atoms. The minimum Gasteiger partial charge on any atom is -0.507 e. The molecule has 1 amide bonds. The van der Waals surface area contributed by atoms with Crippen LogP contribution in [0.3, 0.4) is 0 Å². The van der Waals surface area contributed by atoms with Gasteiger partial charge in [-0.25, -0.2) is 0 Å². The van der Waals surface area contributed by atoms with Crippen molar-refractivity contribution in [3.63, 3.8) is 0 Å². The molecule has 4 heteroatoms. The summed E-state index contributed by atoms with van der Waals surface area (Å²) in [6, 6.07) is 8.70. The summed E-state index contributed by atoms with van der Waals surface area (Å²) < 4.78 is 0. The fourth-order valence-corrected chi connectivity index (χ4v) is 2.09. The number of nitrogens with zero attached hydrogens (tertiary/aromatic N) is 2. The molecule has 1 aliphatic rings. The summed E-state index contributed by atoms with van der Waals surface area (Å²) in [6.45, 7) is 1.12. The number of piperidine rings is 1. The van der Waals surface area contributed by atoms with E-state index >= 15 is 0 Å². The van der Waals surface area contributed by atoms with Crippen molar-refractivity contribution in [3.8, 4) is 11.8 Å². The minimum absolute atomic E-state index is 0.00317. The van der Waals surface area contributed by atoms with Gasteiger partial charge in [0.15, 0.2) is 0 Å². The molecule has 17 heavy (non-hydrogen) atoms. The first-order chi connectivity index (χ1) is 8.22. The van der Waals surface area contributed by atoms with E-state index in [0.29, 0.717) is 18.7 Å². The molecule has 0 spiro atoms. The molecule has 1 unspecified atom stereocenters. The number of aromatic hydroxyl groups is 1. The van der Waals surface area contributed by atoms with Crippen LogP contribution in [0, 0.1) is 17.2 Å². The molecule has 1 fully saturated rings. The van der Waals surface area contributed by atoms with Crippen LogP contribution in [0.25, 0.3) is 0 Å². The first kappa shape index (κ1) is 11.5. The Balaban J connectivity index is 2.16. The third kappa shape index (κ3) is 2.39. The van der Waals surface area contributed by atoms with Gasteiger partial charge in [-0.15, -0.1) is 0 Å². The van der Waals surface area contributed by atoms with Crippen LogP contribution in [0.15, 0.2) is 24.3 Å². The standard InChI is InChI=1S/C13H14N2O2/c14-8-10-4-3-7-15(9-10)13(17)11-5-1-2-6-12(11)16/h1-2,5-6,10,16H,3-4,7,9H2. The largest absolute Gasteiger partial charge is 0.507 e. The molecule has 1 aromatic carbocycles. The molecule has 1 saturated heterocycles. The maximum atomic E-state index is 12.1. The number of hydrogen-bond donors (Lipinski definition) is 1. The van der Waals surface area contributed by atoms with Gasteiger partial charge in [0.2, 0.25) is 0 Å². The van der Waals surface area contributed by atoms with E-state index in [2.05, 4.69) is 6.07 Å². The zero-order chi connectivity index (χ0) is 12.3. The quantitative estimate of drug-likeness (QED) is 0.799. The van der Waals surface area contributed by atoms with Gasteiger partial charge in [-0.3, -0.25) is 4.79 Å². The topological polar surface area (TPSA) is 64.3 Å².